The Bertz CT molecular complexity index is 349. The minimum Gasteiger partial charge on any atom is -0.398 e. The summed E-state index contributed by atoms with van der Waals surface area (Å²) in [6.45, 7) is 0. The van der Waals surface area contributed by atoms with Crippen molar-refractivity contribution in [2.24, 2.45) is 0 Å². The van der Waals surface area contributed by atoms with Crippen LogP contribution in [0.1, 0.15) is 0 Å². The van der Waals surface area contributed by atoms with Crippen LogP contribution in [0.5, 0.6) is 0 Å². The number of benzene rings is 1. The van der Waals surface area contributed by atoms with Gasteiger partial charge in [-0.1, -0.05) is 15.9 Å². The highest BCUT2D eigenvalue weighted by Crippen LogP contribution is 2.36. The lowest BCUT2D eigenvalue weighted by atomic mass is 10.3. The standard InChI is InChI=1S/C6H7BrNO3P/c7-4-1-2-5(8)6(3-4)12(9,10)11/h1-3H,8H2,(H2,9,10,11). The van der Waals surface area contributed by atoms with Gasteiger partial charge in [0.2, 0.25) is 0 Å². The molecule has 66 valence electrons. The Morgan fingerprint density at radius 2 is 2.00 bits per heavy atom. The van der Waals surface area contributed by atoms with E-state index in [0.717, 1.165) is 0 Å². The van der Waals surface area contributed by atoms with Crippen molar-refractivity contribution in [3.8, 4) is 0 Å². The van der Waals surface area contributed by atoms with Crippen LogP contribution in [0.3, 0.4) is 0 Å². The van der Waals surface area contributed by atoms with E-state index in [-0.39, 0.29) is 11.0 Å². The largest absolute Gasteiger partial charge is 0.398 e. The molecule has 0 aromatic heterocycles. The minimum absolute atomic E-state index is 0.103. The molecule has 0 aliphatic rings. The summed E-state index contributed by atoms with van der Waals surface area (Å²) in [5.74, 6) is 0. The Kier molecular flexibility index (Phi) is 2.58. The summed E-state index contributed by atoms with van der Waals surface area (Å²) < 4.78 is 11.4. The Morgan fingerprint density at radius 1 is 1.42 bits per heavy atom. The average molecular weight is 252 g/mol. The van der Waals surface area contributed by atoms with Gasteiger partial charge in [-0.25, -0.2) is 0 Å². The van der Waals surface area contributed by atoms with E-state index in [1.807, 2.05) is 0 Å². The molecule has 0 bridgehead atoms. The molecule has 1 rings (SSSR count). The molecule has 1 aromatic carbocycles. The van der Waals surface area contributed by atoms with Crippen LogP contribution in [0.15, 0.2) is 22.7 Å². The van der Waals surface area contributed by atoms with Gasteiger partial charge in [0.05, 0.1) is 5.30 Å². The third-order valence-electron chi connectivity index (χ3n) is 1.31. The average Bonchev–Trinajstić information content (AvgIpc) is 1.92. The first kappa shape index (κ1) is 9.74. The zero-order chi connectivity index (χ0) is 9.35. The molecule has 4 nitrogen and oxygen atoms in total. The van der Waals surface area contributed by atoms with Crippen LogP contribution < -0.4 is 11.0 Å². The number of rotatable bonds is 1. The van der Waals surface area contributed by atoms with Crippen molar-refractivity contribution in [1.29, 1.82) is 0 Å². The van der Waals surface area contributed by atoms with Crippen molar-refractivity contribution < 1.29 is 14.4 Å². The summed E-state index contributed by atoms with van der Waals surface area (Å²) in [6, 6.07) is 4.38. The maximum atomic E-state index is 10.8. The highest BCUT2D eigenvalue weighted by Gasteiger charge is 2.20. The molecular weight excluding hydrogens is 245 g/mol. The van der Waals surface area contributed by atoms with Gasteiger partial charge in [0.1, 0.15) is 0 Å². The van der Waals surface area contributed by atoms with E-state index in [1.54, 1.807) is 6.07 Å². The van der Waals surface area contributed by atoms with E-state index in [2.05, 4.69) is 15.9 Å². The van der Waals surface area contributed by atoms with Gasteiger partial charge in [-0.3, -0.25) is 4.57 Å². The first-order valence-electron chi connectivity index (χ1n) is 3.02. The normalized spacial score (nSPS) is 11.6. The highest BCUT2D eigenvalue weighted by molar-refractivity contribution is 9.10. The maximum Gasteiger partial charge on any atom is 0.358 e. The zero-order valence-corrected chi connectivity index (χ0v) is 8.42. The number of hydrogen-bond donors (Lipinski definition) is 3. The summed E-state index contributed by atoms with van der Waals surface area (Å²) in [7, 11) is -4.24. The second-order valence-corrected chi connectivity index (χ2v) is 4.73. The molecule has 0 heterocycles. The quantitative estimate of drug-likeness (QED) is 0.510. The molecule has 4 N–H and O–H groups in total. The van der Waals surface area contributed by atoms with Gasteiger partial charge < -0.3 is 15.5 Å². The molecule has 12 heavy (non-hydrogen) atoms. The lowest BCUT2D eigenvalue weighted by Gasteiger charge is -2.06. The van der Waals surface area contributed by atoms with Gasteiger partial charge in [-0.05, 0) is 18.2 Å². The van der Waals surface area contributed by atoms with Crippen molar-refractivity contribution in [3.63, 3.8) is 0 Å². The topological polar surface area (TPSA) is 83.6 Å². The molecule has 0 unspecified atom stereocenters. The summed E-state index contributed by atoms with van der Waals surface area (Å²) in [5, 5.41) is -0.142. The Hall–Kier alpha value is -0.350. The first-order chi connectivity index (χ1) is 5.41. The molecular formula is C6H7BrNO3P. The van der Waals surface area contributed by atoms with Crippen molar-refractivity contribution in [3.05, 3.63) is 22.7 Å². The van der Waals surface area contributed by atoms with Crippen LogP contribution in [0.2, 0.25) is 0 Å². The molecule has 6 heteroatoms. The first-order valence-corrected chi connectivity index (χ1v) is 5.43. The minimum atomic E-state index is -4.24. The predicted octanol–water partition coefficient (Wildman–Crippen LogP) is 0.834. The fourth-order valence-electron chi connectivity index (χ4n) is 0.769. The van der Waals surface area contributed by atoms with E-state index in [0.29, 0.717) is 4.47 Å². The van der Waals surface area contributed by atoms with E-state index in [1.165, 1.54) is 12.1 Å². The molecule has 0 saturated heterocycles. The lowest BCUT2D eigenvalue weighted by molar-refractivity contribution is 0.387. The van der Waals surface area contributed by atoms with Crippen molar-refractivity contribution in [1.82, 2.24) is 0 Å². The Morgan fingerprint density at radius 3 is 2.42 bits per heavy atom. The third-order valence-corrected chi connectivity index (χ3v) is 2.81. The zero-order valence-electron chi connectivity index (χ0n) is 5.94. The fraction of sp³-hybridized carbons (Fsp3) is 0. The maximum absolute atomic E-state index is 10.8. The van der Waals surface area contributed by atoms with E-state index in [4.69, 9.17) is 15.5 Å². The molecule has 0 aliphatic carbocycles. The second-order valence-electron chi connectivity index (χ2n) is 2.25. The Balaban J connectivity index is 3.33. The summed E-state index contributed by atoms with van der Waals surface area (Å²) in [5.41, 5.74) is 5.47. The fourth-order valence-corrected chi connectivity index (χ4v) is 2.03. The molecule has 0 spiro atoms. The number of anilines is 1. The SMILES string of the molecule is Nc1ccc(Br)cc1P(=O)(O)O. The van der Waals surface area contributed by atoms with Crippen molar-refractivity contribution in [2.45, 2.75) is 0 Å². The van der Waals surface area contributed by atoms with Crippen LogP contribution in [-0.2, 0) is 4.57 Å². The second kappa shape index (κ2) is 3.18. The lowest BCUT2D eigenvalue weighted by Crippen LogP contribution is -2.09. The summed E-state index contributed by atoms with van der Waals surface area (Å²) >= 11 is 3.09. The van der Waals surface area contributed by atoms with Gasteiger partial charge in [0.15, 0.2) is 0 Å². The highest BCUT2D eigenvalue weighted by atomic mass is 79.9. The van der Waals surface area contributed by atoms with Gasteiger partial charge in [-0.15, -0.1) is 0 Å². The molecule has 0 radical (unpaired) electrons. The monoisotopic (exact) mass is 251 g/mol. The number of halogens is 1. The van der Waals surface area contributed by atoms with Crippen molar-refractivity contribution >= 4 is 34.5 Å². The summed E-state index contributed by atoms with van der Waals surface area (Å²) in [6.07, 6.45) is 0. The number of hydrogen-bond acceptors (Lipinski definition) is 2. The number of nitrogens with two attached hydrogens (primary N) is 1. The van der Waals surface area contributed by atoms with Crippen LogP contribution in [0, 0.1) is 0 Å². The van der Waals surface area contributed by atoms with Crippen LogP contribution >= 0.6 is 23.5 Å². The van der Waals surface area contributed by atoms with Gasteiger partial charge in [0.25, 0.3) is 0 Å². The van der Waals surface area contributed by atoms with Crippen LogP contribution in [0.25, 0.3) is 0 Å². The molecule has 0 fully saturated rings. The predicted molar refractivity (Wildman–Crippen MR) is 50.2 cm³/mol. The van der Waals surface area contributed by atoms with E-state index in [9.17, 15) is 4.57 Å². The van der Waals surface area contributed by atoms with Gasteiger partial charge >= 0.3 is 7.60 Å². The van der Waals surface area contributed by atoms with Gasteiger partial charge in [0, 0.05) is 10.2 Å². The molecule has 0 aliphatic heterocycles. The summed E-state index contributed by atoms with van der Waals surface area (Å²) in [4.78, 5) is 17.6. The smallest absolute Gasteiger partial charge is 0.358 e. The molecule has 0 saturated carbocycles. The van der Waals surface area contributed by atoms with E-state index >= 15 is 0 Å². The van der Waals surface area contributed by atoms with Crippen LogP contribution in [-0.4, -0.2) is 9.79 Å². The third kappa shape index (κ3) is 2.08. The Labute approximate surface area is 77.7 Å². The van der Waals surface area contributed by atoms with Crippen LogP contribution in [0.4, 0.5) is 5.69 Å². The molecule has 1 aromatic rings. The van der Waals surface area contributed by atoms with Crippen molar-refractivity contribution in [2.75, 3.05) is 5.73 Å². The number of nitrogen functional groups attached to an aromatic ring is 1. The van der Waals surface area contributed by atoms with Gasteiger partial charge in [-0.2, -0.15) is 0 Å². The molecule has 0 atom stereocenters. The van der Waals surface area contributed by atoms with E-state index < -0.39 is 7.60 Å². The molecule has 0 amide bonds.